The van der Waals surface area contributed by atoms with Gasteiger partial charge in [-0.3, -0.25) is 24.0 Å². The molecule has 15 nitrogen and oxygen atoms in total. The zero-order chi connectivity index (χ0) is 42.2. The topological polar surface area (TPSA) is 205 Å². The van der Waals surface area contributed by atoms with Crippen LogP contribution in [-0.2, 0) is 9.59 Å². The molecule has 2 saturated heterocycles. The van der Waals surface area contributed by atoms with Crippen LogP contribution in [0.5, 0.6) is 0 Å². The van der Waals surface area contributed by atoms with Gasteiger partial charge in [-0.25, -0.2) is 9.97 Å². The van der Waals surface area contributed by atoms with E-state index in [-0.39, 0.29) is 92.1 Å². The summed E-state index contributed by atoms with van der Waals surface area (Å²) in [5, 5.41) is 15.3. The van der Waals surface area contributed by atoms with Gasteiger partial charge in [0.05, 0.1) is 16.6 Å². The maximum atomic E-state index is 12.9. The number of halogens is 2. The first-order valence-electron chi connectivity index (χ1n) is 18.6. The number of pyridine rings is 2. The number of nitrogens with one attached hydrogen (secondary N) is 3. The van der Waals surface area contributed by atoms with Gasteiger partial charge in [0.1, 0.15) is 5.97 Å². The number of piperazine rings is 2. The van der Waals surface area contributed by atoms with E-state index in [4.69, 9.17) is 23.2 Å². The molecule has 6 heterocycles. The van der Waals surface area contributed by atoms with Crippen molar-refractivity contribution in [2.24, 2.45) is 0 Å². The van der Waals surface area contributed by atoms with Crippen LogP contribution in [0.4, 0.5) is 0 Å². The summed E-state index contributed by atoms with van der Waals surface area (Å²) in [6.07, 6.45) is 5.85. The van der Waals surface area contributed by atoms with Gasteiger partial charge < -0.3 is 39.9 Å². The van der Waals surface area contributed by atoms with Gasteiger partial charge in [-0.2, -0.15) is 0 Å². The fourth-order valence-corrected chi connectivity index (χ4v) is 7.19. The standard InChI is InChI=1S/C21H19ClN4O3.C11H14N2O.C10H7ClN2O3.CH4.K/c1-13-11-24-19(22)17-16(13)15(12-23-17)18(27)21(29)26-9-7-25(8-10-26)20(28)14-5-3-2-4-6-14;14-11(10-4-2-1-3-5-10)13-8-6-12-7-9-13;1-4-2-13-9(11)7-6(4)5(3-12-7)8(14)10(15)16;;/h2-6,11-12,23H,7-10H2,1H3;1-5,12H,6-9H2;2-3,12H,1H3,(H,15,16);1H4;/q;;;;+1/p-1. The first-order chi connectivity index (χ1) is 28.4. The molecule has 312 valence electrons. The van der Waals surface area contributed by atoms with Crippen molar-refractivity contribution in [1.82, 2.24) is 40.0 Å². The van der Waals surface area contributed by atoms with Crippen LogP contribution in [0, 0.1) is 13.8 Å². The Morgan fingerprint density at radius 2 is 1.00 bits per heavy atom. The minimum Gasteiger partial charge on any atom is -0.541 e. The monoisotopic (exact) mass is 892 g/mol. The Bertz CT molecular complexity index is 2540. The van der Waals surface area contributed by atoms with Crippen LogP contribution in [0.2, 0.25) is 10.3 Å². The number of amides is 3. The molecule has 8 rings (SSSR count). The van der Waals surface area contributed by atoms with E-state index >= 15 is 0 Å². The van der Waals surface area contributed by atoms with Crippen molar-refractivity contribution in [2.45, 2.75) is 21.3 Å². The molecule has 18 heteroatoms. The van der Waals surface area contributed by atoms with E-state index in [2.05, 4.69) is 25.3 Å². The molecule has 0 spiro atoms. The van der Waals surface area contributed by atoms with Crippen molar-refractivity contribution in [3.63, 3.8) is 0 Å². The Hall–Kier alpha value is -4.78. The first-order valence-corrected chi connectivity index (χ1v) is 19.4. The molecular weight excluding hydrogens is 851 g/mol. The molecule has 4 aromatic heterocycles. The van der Waals surface area contributed by atoms with Crippen molar-refractivity contribution in [3.8, 4) is 0 Å². The van der Waals surface area contributed by atoms with Crippen LogP contribution in [0.3, 0.4) is 0 Å². The Balaban J connectivity index is 0.000000217. The number of carbonyl (C=O) groups is 6. The molecule has 2 aliphatic rings. The average Bonchev–Trinajstić information content (AvgIpc) is 3.94. The number of aliphatic carboxylic acids is 1. The Morgan fingerprint density at radius 1 is 0.607 bits per heavy atom. The Labute approximate surface area is 404 Å². The summed E-state index contributed by atoms with van der Waals surface area (Å²) in [6, 6.07) is 18.5. The number of carboxylic acids is 1. The van der Waals surface area contributed by atoms with Gasteiger partial charge in [-0.15, -0.1) is 0 Å². The first kappa shape index (κ1) is 48.9. The third-order valence-corrected chi connectivity index (χ3v) is 10.4. The molecule has 61 heavy (non-hydrogen) atoms. The third kappa shape index (κ3) is 11.4. The average molecular weight is 894 g/mol. The van der Waals surface area contributed by atoms with Crippen LogP contribution < -0.4 is 61.8 Å². The van der Waals surface area contributed by atoms with E-state index in [1.54, 1.807) is 30.2 Å². The molecule has 2 aromatic carbocycles. The summed E-state index contributed by atoms with van der Waals surface area (Å²) in [6.45, 7) is 8.35. The predicted molar refractivity (Wildman–Crippen MR) is 226 cm³/mol. The largest absolute Gasteiger partial charge is 1.00 e. The summed E-state index contributed by atoms with van der Waals surface area (Å²) >= 11 is 11.9. The molecule has 2 aliphatic heterocycles. The maximum absolute atomic E-state index is 12.9. The van der Waals surface area contributed by atoms with E-state index < -0.39 is 23.4 Å². The molecular formula is C43H43Cl2KN8O7. The Morgan fingerprint density at radius 3 is 1.43 bits per heavy atom. The van der Waals surface area contributed by atoms with Crippen molar-refractivity contribution in [3.05, 3.63) is 129 Å². The number of benzene rings is 2. The number of hydrogen-bond acceptors (Lipinski definition) is 10. The normalized spacial score (nSPS) is 13.4. The number of aromatic amines is 2. The fraction of sp³-hybridized carbons (Fsp3) is 0.256. The number of ketones is 2. The van der Waals surface area contributed by atoms with Gasteiger partial charge in [0.25, 0.3) is 23.5 Å². The van der Waals surface area contributed by atoms with Gasteiger partial charge in [0.15, 0.2) is 10.3 Å². The molecule has 0 aliphatic carbocycles. The van der Waals surface area contributed by atoms with Crippen LogP contribution >= 0.6 is 23.2 Å². The molecule has 2 fully saturated rings. The summed E-state index contributed by atoms with van der Waals surface area (Å²) in [5.41, 5.74) is 4.15. The fourth-order valence-electron chi connectivity index (χ4n) is 6.79. The number of H-pyrrole nitrogens is 2. The minimum absolute atomic E-state index is 0. The van der Waals surface area contributed by atoms with E-state index in [0.29, 0.717) is 59.1 Å². The number of fused-ring (bicyclic) bond motifs is 2. The summed E-state index contributed by atoms with van der Waals surface area (Å²) in [7, 11) is 0. The number of aromatic nitrogens is 4. The Kier molecular flexibility index (Phi) is 17.9. The quantitative estimate of drug-likeness (QED) is 0.0953. The van der Waals surface area contributed by atoms with Gasteiger partial charge in [0, 0.05) is 105 Å². The van der Waals surface area contributed by atoms with E-state index in [1.807, 2.05) is 60.4 Å². The van der Waals surface area contributed by atoms with Crippen molar-refractivity contribution >= 4 is 80.3 Å². The van der Waals surface area contributed by atoms with Crippen molar-refractivity contribution in [1.29, 1.82) is 0 Å². The molecule has 0 saturated carbocycles. The minimum atomic E-state index is -1.74. The van der Waals surface area contributed by atoms with E-state index in [1.165, 1.54) is 23.5 Å². The number of aryl methyl sites for hydroxylation is 2. The van der Waals surface area contributed by atoms with Gasteiger partial charge in [0.2, 0.25) is 5.78 Å². The van der Waals surface area contributed by atoms with Gasteiger partial charge in [-0.05, 0) is 49.2 Å². The number of rotatable bonds is 6. The van der Waals surface area contributed by atoms with Crippen molar-refractivity contribution in [2.75, 3.05) is 52.4 Å². The molecule has 3 N–H and O–H groups in total. The maximum Gasteiger partial charge on any atom is 1.00 e. The smallest absolute Gasteiger partial charge is 0.541 e. The summed E-state index contributed by atoms with van der Waals surface area (Å²) < 4.78 is 0. The zero-order valence-electron chi connectivity index (χ0n) is 33.1. The molecule has 3 amide bonds. The molecule has 0 unspecified atom stereocenters. The molecule has 0 radical (unpaired) electrons. The van der Waals surface area contributed by atoms with Crippen LogP contribution in [0.15, 0.2) is 85.5 Å². The van der Waals surface area contributed by atoms with E-state index in [0.717, 1.165) is 37.3 Å². The van der Waals surface area contributed by atoms with Crippen molar-refractivity contribution < 1.29 is 85.3 Å². The van der Waals surface area contributed by atoms with Crippen LogP contribution in [-0.4, -0.2) is 122 Å². The zero-order valence-corrected chi connectivity index (χ0v) is 37.7. The second-order valence-corrected chi connectivity index (χ2v) is 14.4. The molecule has 0 atom stereocenters. The van der Waals surface area contributed by atoms with Crippen LogP contribution in [0.1, 0.15) is 60.0 Å². The SMILES string of the molecule is C.Cc1cnc(Cl)c2[nH]cc(C(=O)C(=O)N3CCN(C(=O)c4ccccc4)CC3)c12.Cc1cnc(Cl)c2[nH]cc(C(=O)C(=O)[O-])c12.O=C(c1ccccc1)N1CCNCC1.[K+]. The van der Waals surface area contributed by atoms with Gasteiger partial charge >= 0.3 is 51.4 Å². The number of carboxylic acid groups (broad SMARTS) is 1. The number of nitrogens with zero attached hydrogens (tertiary/aromatic N) is 5. The predicted octanol–water partition coefficient (Wildman–Crippen LogP) is 1.52. The van der Waals surface area contributed by atoms with E-state index in [9.17, 15) is 33.9 Å². The number of carbonyl (C=O) groups excluding carboxylic acids is 6. The number of hydrogen-bond donors (Lipinski definition) is 3. The summed E-state index contributed by atoms with van der Waals surface area (Å²) in [4.78, 5) is 90.6. The van der Waals surface area contributed by atoms with Gasteiger partial charge in [-0.1, -0.05) is 67.0 Å². The second kappa shape index (κ2) is 22.4. The number of Topliss-reactive ketones (excluding diaryl/α,β-unsaturated/α-hetero) is 2. The molecule has 0 bridgehead atoms. The summed E-state index contributed by atoms with van der Waals surface area (Å²) in [5.74, 6) is -3.91. The molecule has 6 aromatic rings. The van der Waals surface area contributed by atoms with Crippen LogP contribution in [0.25, 0.3) is 21.8 Å². The third-order valence-electron chi connectivity index (χ3n) is 9.87. The second-order valence-electron chi connectivity index (χ2n) is 13.7.